The lowest BCUT2D eigenvalue weighted by Gasteiger charge is -2.50. The second-order valence-electron chi connectivity index (χ2n) is 5.90. The third kappa shape index (κ3) is 2.88. The van der Waals surface area contributed by atoms with E-state index in [1.807, 2.05) is 24.0 Å². The Labute approximate surface area is 125 Å². The third-order valence-electron chi connectivity index (χ3n) is 4.42. The molecule has 1 amide bonds. The first-order valence-corrected chi connectivity index (χ1v) is 7.68. The topological polar surface area (TPSA) is 51.7 Å². The quantitative estimate of drug-likeness (QED) is 0.831. The van der Waals surface area contributed by atoms with Crippen molar-refractivity contribution in [2.45, 2.75) is 31.8 Å². The van der Waals surface area contributed by atoms with Crippen LogP contribution in [0.2, 0.25) is 0 Å². The number of hydrogen-bond donors (Lipinski definition) is 0. The van der Waals surface area contributed by atoms with E-state index in [4.69, 9.17) is 9.47 Å². The lowest BCUT2D eigenvalue weighted by molar-refractivity contribution is -0.166. The molecular weight excluding hydrogens is 268 g/mol. The van der Waals surface area contributed by atoms with E-state index < -0.39 is 0 Å². The highest BCUT2D eigenvalue weighted by atomic mass is 16.5. The molecule has 0 saturated carbocycles. The van der Waals surface area contributed by atoms with Gasteiger partial charge in [-0.2, -0.15) is 0 Å². The van der Waals surface area contributed by atoms with Crippen LogP contribution in [0.4, 0.5) is 0 Å². The molecule has 2 aliphatic heterocycles. The lowest BCUT2D eigenvalue weighted by Crippen LogP contribution is -2.66. The summed E-state index contributed by atoms with van der Waals surface area (Å²) in [5.41, 5.74) is -0.175. The van der Waals surface area contributed by atoms with Crippen LogP contribution in [0.25, 0.3) is 0 Å². The maximum absolute atomic E-state index is 11.9. The van der Waals surface area contributed by atoms with Crippen LogP contribution in [0, 0.1) is 5.92 Å². The molecule has 5 nitrogen and oxygen atoms in total. The number of amides is 1. The van der Waals surface area contributed by atoms with Crippen LogP contribution in [-0.2, 0) is 9.53 Å². The summed E-state index contributed by atoms with van der Waals surface area (Å²) in [5, 5.41) is 0. The third-order valence-corrected chi connectivity index (χ3v) is 4.42. The van der Waals surface area contributed by atoms with E-state index in [1.165, 1.54) is 0 Å². The first-order chi connectivity index (χ1) is 10.2. The van der Waals surface area contributed by atoms with Gasteiger partial charge in [-0.3, -0.25) is 9.78 Å². The number of rotatable bonds is 5. The fourth-order valence-electron chi connectivity index (χ4n) is 3.15. The number of nitrogens with zero attached hydrogens (tertiary/aromatic N) is 2. The highest BCUT2D eigenvalue weighted by Gasteiger charge is 2.54. The van der Waals surface area contributed by atoms with E-state index in [0.717, 1.165) is 25.2 Å². The van der Waals surface area contributed by atoms with Crippen molar-refractivity contribution in [1.29, 1.82) is 0 Å². The second-order valence-corrected chi connectivity index (χ2v) is 5.90. The largest absolute Gasteiger partial charge is 0.492 e. The van der Waals surface area contributed by atoms with Crippen molar-refractivity contribution < 1.29 is 14.3 Å². The predicted octanol–water partition coefficient (Wildman–Crippen LogP) is 1.88. The fraction of sp³-hybridized carbons (Fsp3) is 0.625. The Kier molecular flexibility index (Phi) is 4.10. The first kappa shape index (κ1) is 14.3. The van der Waals surface area contributed by atoms with Gasteiger partial charge in [0.2, 0.25) is 5.91 Å². The molecule has 1 aromatic heterocycles. The molecule has 0 unspecified atom stereocenters. The molecule has 2 fully saturated rings. The molecule has 1 aromatic rings. The Bertz CT molecular complexity index is 486. The molecule has 114 valence electrons. The van der Waals surface area contributed by atoms with Crippen LogP contribution in [-0.4, -0.2) is 47.7 Å². The number of aromatic nitrogens is 1. The fourth-order valence-corrected chi connectivity index (χ4v) is 3.15. The number of likely N-dealkylation sites (tertiary alicyclic amines) is 1. The predicted molar refractivity (Wildman–Crippen MR) is 78.0 cm³/mol. The van der Waals surface area contributed by atoms with Crippen molar-refractivity contribution in [2.24, 2.45) is 5.92 Å². The highest BCUT2D eigenvalue weighted by molar-refractivity contribution is 5.77. The van der Waals surface area contributed by atoms with E-state index in [1.54, 1.807) is 12.4 Å². The van der Waals surface area contributed by atoms with Crippen LogP contribution >= 0.6 is 0 Å². The molecular formula is C16H22N2O3. The van der Waals surface area contributed by atoms with Gasteiger partial charge < -0.3 is 14.4 Å². The van der Waals surface area contributed by atoms with Gasteiger partial charge in [0.25, 0.3) is 0 Å². The summed E-state index contributed by atoms with van der Waals surface area (Å²) in [7, 11) is 0. The first-order valence-electron chi connectivity index (χ1n) is 7.68. The molecule has 0 bridgehead atoms. The summed E-state index contributed by atoms with van der Waals surface area (Å²) in [5.74, 6) is 1.38. The van der Waals surface area contributed by atoms with Crippen LogP contribution in [0.15, 0.2) is 24.5 Å². The number of carbonyl (C=O) groups excluding carboxylic acids is 1. The molecule has 3 heterocycles. The minimum absolute atomic E-state index is 0.175. The summed E-state index contributed by atoms with van der Waals surface area (Å²) >= 11 is 0. The van der Waals surface area contributed by atoms with Crippen LogP contribution in [0.5, 0.6) is 5.75 Å². The Balaban J connectivity index is 1.54. The number of carbonyl (C=O) groups is 1. The second kappa shape index (κ2) is 6.02. The van der Waals surface area contributed by atoms with E-state index in [9.17, 15) is 4.79 Å². The van der Waals surface area contributed by atoms with Crippen molar-refractivity contribution in [2.75, 3.05) is 26.3 Å². The summed E-state index contributed by atoms with van der Waals surface area (Å²) in [4.78, 5) is 17.8. The van der Waals surface area contributed by atoms with Crippen LogP contribution in [0.3, 0.4) is 0 Å². The van der Waals surface area contributed by atoms with E-state index >= 15 is 0 Å². The Morgan fingerprint density at radius 1 is 1.57 bits per heavy atom. The molecule has 0 aliphatic carbocycles. The summed E-state index contributed by atoms with van der Waals surface area (Å²) < 4.78 is 11.8. The zero-order valence-corrected chi connectivity index (χ0v) is 12.5. The SMILES string of the molecule is CCCC(=O)N1CC2(C1)OCC[C@@H]2COc1cccnc1. The van der Waals surface area contributed by atoms with Gasteiger partial charge in [0.05, 0.1) is 25.9 Å². The number of hydrogen-bond acceptors (Lipinski definition) is 4. The minimum Gasteiger partial charge on any atom is -0.492 e. The average molecular weight is 290 g/mol. The zero-order chi connectivity index (χ0) is 14.7. The van der Waals surface area contributed by atoms with Crippen LogP contribution < -0.4 is 4.74 Å². The van der Waals surface area contributed by atoms with E-state index in [2.05, 4.69) is 4.98 Å². The van der Waals surface area contributed by atoms with Crippen molar-refractivity contribution in [3.63, 3.8) is 0 Å². The Morgan fingerprint density at radius 3 is 3.14 bits per heavy atom. The molecule has 1 atom stereocenters. The smallest absolute Gasteiger partial charge is 0.222 e. The zero-order valence-electron chi connectivity index (χ0n) is 12.5. The number of ether oxygens (including phenoxy) is 2. The van der Waals surface area contributed by atoms with E-state index in [-0.39, 0.29) is 11.5 Å². The van der Waals surface area contributed by atoms with Crippen LogP contribution in [0.1, 0.15) is 26.2 Å². The molecule has 0 radical (unpaired) electrons. The van der Waals surface area contributed by atoms with Crippen molar-refractivity contribution >= 4 is 5.91 Å². The van der Waals surface area contributed by atoms with Gasteiger partial charge in [-0.15, -0.1) is 0 Å². The minimum atomic E-state index is -0.175. The molecule has 3 rings (SSSR count). The average Bonchev–Trinajstić information content (AvgIpc) is 2.88. The summed E-state index contributed by atoms with van der Waals surface area (Å²) in [6, 6.07) is 3.78. The van der Waals surface area contributed by atoms with E-state index in [0.29, 0.717) is 32.0 Å². The van der Waals surface area contributed by atoms with Crippen molar-refractivity contribution in [3.05, 3.63) is 24.5 Å². The van der Waals surface area contributed by atoms with Gasteiger partial charge in [0.15, 0.2) is 0 Å². The van der Waals surface area contributed by atoms with Gasteiger partial charge in [0, 0.05) is 25.1 Å². The highest BCUT2D eigenvalue weighted by Crippen LogP contribution is 2.40. The standard InChI is InChI=1S/C16H22N2O3/c1-2-4-15(19)18-11-16(12-18)13(6-8-21-16)10-20-14-5-3-7-17-9-14/h3,5,7,9,13H,2,4,6,8,10-12H2,1H3/t13-/m1/s1. The lowest BCUT2D eigenvalue weighted by atomic mass is 9.81. The molecule has 2 aliphatic rings. The van der Waals surface area contributed by atoms with Gasteiger partial charge in [-0.05, 0) is 25.0 Å². The van der Waals surface area contributed by atoms with Gasteiger partial charge in [-0.25, -0.2) is 0 Å². The van der Waals surface area contributed by atoms with Gasteiger partial charge >= 0.3 is 0 Å². The van der Waals surface area contributed by atoms with Crippen molar-refractivity contribution in [3.8, 4) is 5.75 Å². The summed E-state index contributed by atoms with van der Waals surface area (Å²) in [6.45, 7) is 4.85. The molecule has 0 N–H and O–H groups in total. The number of pyridine rings is 1. The monoisotopic (exact) mass is 290 g/mol. The maximum Gasteiger partial charge on any atom is 0.222 e. The van der Waals surface area contributed by atoms with Crippen molar-refractivity contribution in [1.82, 2.24) is 9.88 Å². The molecule has 5 heteroatoms. The maximum atomic E-state index is 11.9. The molecule has 1 spiro atoms. The molecule has 2 saturated heterocycles. The van der Waals surface area contributed by atoms with Gasteiger partial charge in [-0.1, -0.05) is 6.92 Å². The summed E-state index contributed by atoms with van der Waals surface area (Å²) in [6.07, 6.45) is 5.98. The Morgan fingerprint density at radius 2 is 2.43 bits per heavy atom. The Hall–Kier alpha value is -1.62. The molecule has 21 heavy (non-hydrogen) atoms. The van der Waals surface area contributed by atoms with Gasteiger partial charge in [0.1, 0.15) is 11.4 Å². The normalized spacial score (nSPS) is 23.1. The molecule has 0 aromatic carbocycles.